The van der Waals surface area contributed by atoms with E-state index in [1.54, 1.807) is 12.3 Å². The van der Waals surface area contributed by atoms with E-state index in [4.69, 9.17) is 10.5 Å². The standard InChI is InChI=1S/C19H19F3N8O/c20-19(21,22)14-9-15(23)25-11-13(14)16-27-17(26-10-12-3-1-2-4-24-12)29-18(28-16)30-5-7-31-8-6-30/h1-4,9,11H,5-8,10H2,(H2,23,25)(H,26,27,28,29). The van der Waals surface area contributed by atoms with Crippen LogP contribution < -0.4 is 16.0 Å². The molecule has 31 heavy (non-hydrogen) atoms. The van der Waals surface area contributed by atoms with Crippen LogP contribution in [0.4, 0.5) is 30.9 Å². The largest absolute Gasteiger partial charge is 0.417 e. The molecule has 0 radical (unpaired) electrons. The number of hydrogen-bond donors (Lipinski definition) is 2. The van der Waals surface area contributed by atoms with Gasteiger partial charge in [-0.15, -0.1) is 0 Å². The second-order valence-corrected chi connectivity index (χ2v) is 6.71. The van der Waals surface area contributed by atoms with E-state index in [1.165, 1.54) is 0 Å². The molecular formula is C19H19F3N8O. The highest BCUT2D eigenvalue weighted by Crippen LogP contribution is 2.37. The van der Waals surface area contributed by atoms with Gasteiger partial charge < -0.3 is 20.7 Å². The summed E-state index contributed by atoms with van der Waals surface area (Å²) in [6, 6.07) is 6.20. The SMILES string of the molecule is Nc1cc(C(F)(F)F)c(-c2nc(NCc3ccccn3)nc(N3CCOCC3)n2)cn1. The third-order valence-corrected chi connectivity index (χ3v) is 4.54. The zero-order chi connectivity index (χ0) is 21.8. The predicted molar refractivity (Wildman–Crippen MR) is 107 cm³/mol. The lowest BCUT2D eigenvalue weighted by atomic mass is 10.1. The Labute approximate surface area is 175 Å². The van der Waals surface area contributed by atoms with Gasteiger partial charge in [0.25, 0.3) is 0 Å². The zero-order valence-electron chi connectivity index (χ0n) is 16.3. The molecule has 3 N–H and O–H groups in total. The van der Waals surface area contributed by atoms with E-state index < -0.39 is 11.7 Å². The van der Waals surface area contributed by atoms with Gasteiger partial charge in [0.05, 0.1) is 36.6 Å². The summed E-state index contributed by atoms with van der Waals surface area (Å²) >= 11 is 0. The van der Waals surface area contributed by atoms with Crippen LogP contribution in [0.3, 0.4) is 0 Å². The number of nitrogens with two attached hydrogens (primary N) is 1. The first-order valence-electron chi connectivity index (χ1n) is 9.46. The van der Waals surface area contributed by atoms with Crippen LogP contribution in [-0.4, -0.2) is 51.2 Å². The van der Waals surface area contributed by atoms with Crippen molar-refractivity contribution in [2.75, 3.05) is 42.3 Å². The van der Waals surface area contributed by atoms with E-state index in [0.717, 1.165) is 18.0 Å². The number of anilines is 3. The number of nitrogen functional groups attached to an aromatic ring is 1. The van der Waals surface area contributed by atoms with Crippen LogP contribution in [-0.2, 0) is 17.5 Å². The van der Waals surface area contributed by atoms with Crippen LogP contribution >= 0.6 is 0 Å². The number of pyridine rings is 2. The average molecular weight is 432 g/mol. The Morgan fingerprint density at radius 2 is 1.90 bits per heavy atom. The van der Waals surface area contributed by atoms with Gasteiger partial charge in [-0.3, -0.25) is 4.98 Å². The molecule has 1 saturated heterocycles. The molecule has 4 heterocycles. The predicted octanol–water partition coefficient (Wildman–Crippen LogP) is 2.38. The summed E-state index contributed by atoms with van der Waals surface area (Å²) in [5, 5.41) is 3.01. The number of rotatable bonds is 5. The minimum Gasteiger partial charge on any atom is -0.384 e. The molecule has 0 spiro atoms. The highest BCUT2D eigenvalue weighted by Gasteiger charge is 2.35. The average Bonchev–Trinajstić information content (AvgIpc) is 2.78. The Hall–Kier alpha value is -3.54. The fraction of sp³-hybridized carbons (Fsp3) is 0.316. The number of halogens is 3. The molecule has 1 fully saturated rings. The van der Waals surface area contributed by atoms with Crippen molar-refractivity contribution in [1.29, 1.82) is 0 Å². The molecule has 1 aliphatic rings. The van der Waals surface area contributed by atoms with Crippen molar-refractivity contribution in [1.82, 2.24) is 24.9 Å². The van der Waals surface area contributed by atoms with Crippen molar-refractivity contribution in [3.63, 3.8) is 0 Å². The zero-order valence-corrected chi connectivity index (χ0v) is 16.3. The second kappa shape index (κ2) is 8.68. The van der Waals surface area contributed by atoms with E-state index in [2.05, 4.69) is 30.2 Å². The number of hydrogen-bond acceptors (Lipinski definition) is 9. The maximum absolute atomic E-state index is 13.6. The lowest BCUT2D eigenvalue weighted by Gasteiger charge is -2.27. The lowest BCUT2D eigenvalue weighted by molar-refractivity contribution is -0.137. The molecule has 162 valence electrons. The smallest absolute Gasteiger partial charge is 0.384 e. The first kappa shape index (κ1) is 20.7. The molecule has 0 aromatic carbocycles. The quantitative estimate of drug-likeness (QED) is 0.627. The summed E-state index contributed by atoms with van der Waals surface area (Å²) in [6.07, 6.45) is -1.98. The summed E-state index contributed by atoms with van der Waals surface area (Å²) in [5.41, 5.74) is 4.97. The maximum Gasteiger partial charge on any atom is 0.417 e. The van der Waals surface area contributed by atoms with Crippen molar-refractivity contribution in [2.45, 2.75) is 12.7 Å². The molecule has 0 saturated carbocycles. The number of morpholine rings is 1. The van der Waals surface area contributed by atoms with Gasteiger partial charge >= 0.3 is 6.18 Å². The summed E-state index contributed by atoms with van der Waals surface area (Å²) in [5.74, 6) is -0.0178. The molecule has 3 aromatic rings. The topological polar surface area (TPSA) is 115 Å². The molecule has 4 rings (SSSR count). The summed E-state index contributed by atoms with van der Waals surface area (Å²) in [6.45, 7) is 2.24. The summed E-state index contributed by atoms with van der Waals surface area (Å²) < 4.78 is 46.2. The van der Waals surface area contributed by atoms with Gasteiger partial charge in [0.15, 0.2) is 5.82 Å². The Kier molecular flexibility index (Phi) is 5.80. The Morgan fingerprint density at radius 3 is 2.61 bits per heavy atom. The van der Waals surface area contributed by atoms with Crippen LogP contribution in [0.2, 0.25) is 0 Å². The normalized spacial score (nSPS) is 14.5. The Morgan fingerprint density at radius 1 is 1.10 bits per heavy atom. The van der Waals surface area contributed by atoms with Crippen molar-refractivity contribution in [2.24, 2.45) is 0 Å². The van der Waals surface area contributed by atoms with E-state index in [1.807, 2.05) is 17.0 Å². The Bertz CT molecular complexity index is 1040. The van der Waals surface area contributed by atoms with Crippen LogP contribution in [0.15, 0.2) is 36.7 Å². The minimum atomic E-state index is -4.65. The molecule has 1 aliphatic heterocycles. The Balaban J connectivity index is 1.74. The third kappa shape index (κ3) is 4.97. The van der Waals surface area contributed by atoms with Crippen molar-refractivity contribution >= 4 is 17.7 Å². The van der Waals surface area contributed by atoms with Crippen molar-refractivity contribution in [3.05, 3.63) is 47.9 Å². The number of alkyl halides is 3. The highest BCUT2D eigenvalue weighted by molar-refractivity contribution is 5.64. The molecule has 0 aliphatic carbocycles. The number of ether oxygens (including phenoxy) is 1. The molecule has 0 atom stereocenters. The molecule has 3 aromatic heterocycles. The van der Waals surface area contributed by atoms with E-state index >= 15 is 0 Å². The third-order valence-electron chi connectivity index (χ3n) is 4.54. The molecule has 12 heteroatoms. The van der Waals surface area contributed by atoms with E-state index in [9.17, 15) is 13.2 Å². The van der Waals surface area contributed by atoms with Gasteiger partial charge in [0, 0.05) is 25.5 Å². The van der Waals surface area contributed by atoms with Crippen LogP contribution in [0.25, 0.3) is 11.4 Å². The molecule has 0 amide bonds. The van der Waals surface area contributed by atoms with Gasteiger partial charge in [0.1, 0.15) is 5.82 Å². The maximum atomic E-state index is 13.6. The molecule has 9 nitrogen and oxygen atoms in total. The van der Waals surface area contributed by atoms with Crippen LogP contribution in [0, 0.1) is 0 Å². The van der Waals surface area contributed by atoms with Crippen molar-refractivity contribution in [3.8, 4) is 11.4 Å². The highest BCUT2D eigenvalue weighted by atomic mass is 19.4. The molecule has 0 bridgehead atoms. The van der Waals surface area contributed by atoms with Gasteiger partial charge in [-0.05, 0) is 18.2 Å². The fourth-order valence-corrected chi connectivity index (χ4v) is 3.03. The minimum absolute atomic E-state index is 0.127. The van der Waals surface area contributed by atoms with E-state index in [-0.39, 0.29) is 29.1 Å². The van der Waals surface area contributed by atoms with Crippen LogP contribution in [0.1, 0.15) is 11.3 Å². The van der Waals surface area contributed by atoms with Gasteiger partial charge in [0.2, 0.25) is 11.9 Å². The number of nitrogens with one attached hydrogen (secondary N) is 1. The number of nitrogens with zero attached hydrogens (tertiary/aromatic N) is 6. The van der Waals surface area contributed by atoms with Gasteiger partial charge in [-0.1, -0.05) is 6.07 Å². The molecular weight excluding hydrogens is 413 g/mol. The van der Waals surface area contributed by atoms with Crippen molar-refractivity contribution < 1.29 is 17.9 Å². The first-order chi connectivity index (χ1) is 14.9. The first-order valence-corrected chi connectivity index (χ1v) is 9.46. The van der Waals surface area contributed by atoms with Gasteiger partial charge in [-0.2, -0.15) is 28.1 Å². The van der Waals surface area contributed by atoms with Crippen LogP contribution in [0.5, 0.6) is 0 Å². The van der Waals surface area contributed by atoms with E-state index in [0.29, 0.717) is 32.8 Å². The summed E-state index contributed by atoms with van der Waals surface area (Å²) in [7, 11) is 0. The monoisotopic (exact) mass is 432 g/mol. The fourth-order valence-electron chi connectivity index (χ4n) is 3.03. The molecule has 0 unspecified atom stereocenters. The lowest BCUT2D eigenvalue weighted by Crippen LogP contribution is -2.37. The second-order valence-electron chi connectivity index (χ2n) is 6.71. The number of aromatic nitrogens is 5. The van der Waals surface area contributed by atoms with Gasteiger partial charge in [-0.25, -0.2) is 4.98 Å². The summed E-state index contributed by atoms with van der Waals surface area (Å²) in [4.78, 5) is 22.8.